The normalized spacial score (nSPS) is 21.1. The first-order valence-electron chi connectivity index (χ1n) is 33.7. The summed E-state index contributed by atoms with van der Waals surface area (Å²) in [4.78, 5) is 168. The number of carbonyl (C=O) groups is 11. The molecule has 3 aromatic rings. The molecule has 2 aromatic heterocycles. The Kier molecular flexibility index (Phi) is 26.8. The predicted octanol–water partition coefficient (Wildman–Crippen LogP) is -0.110. The van der Waals surface area contributed by atoms with Crippen LogP contribution in [-0.2, 0) is 92.2 Å². The zero-order chi connectivity index (χ0) is 72.2. The van der Waals surface area contributed by atoms with Crippen molar-refractivity contribution in [2.24, 2.45) is 17.8 Å². The maximum Gasteiger partial charge on any atom is 0.343 e. The zero-order valence-electron chi connectivity index (χ0n) is 56.1. The number of amides is 8. The van der Waals surface area contributed by atoms with Crippen molar-refractivity contribution in [1.29, 1.82) is 0 Å². The number of cyclic esters (lactones) is 1. The molecule has 1 saturated carbocycles. The van der Waals surface area contributed by atoms with Crippen LogP contribution in [0.1, 0.15) is 152 Å². The summed E-state index contributed by atoms with van der Waals surface area (Å²) in [6, 6.07) is 0.980. The van der Waals surface area contributed by atoms with Crippen LogP contribution < -0.4 is 32.1 Å². The highest BCUT2D eigenvalue weighted by atomic mass is 32.2. The van der Waals surface area contributed by atoms with E-state index in [0.29, 0.717) is 121 Å². The molecular weight excluding hydrogens is 1320 g/mol. The monoisotopic (exact) mass is 1410 g/mol. The SMILES string of the molecule is CC[C@@]1(O)C(=O)OCc2c1cc1n(c2=O)Cc2cc3c(CCCCOCNC(=O)[C@H](C)NC(=O)[C@@H](NC(=O)[C@H](CCC(=O)NC[C@H](O)[C@@H](O)[C@H](O)[C@H](O)CO)NC(=O)CCCCCSC4C(=O)CN(CC5CCC(C(=O)ON6C(=O)CCC6=O)CC5)C4=O)C(C)C)c(C)c(F)cc3nc2-1. The number of imide groups is 1. The molecule has 1 unspecified atom stereocenters. The highest BCUT2D eigenvalue weighted by Crippen LogP contribution is 2.40. The van der Waals surface area contributed by atoms with Gasteiger partial charge >= 0.3 is 11.9 Å². The van der Waals surface area contributed by atoms with Crippen molar-refractivity contribution < 1.29 is 102 Å². The molecule has 0 radical (unpaired) electrons. The summed E-state index contributed by atoms with van der Waals surface area (Å²) in [5.41, 5.74) is 0.975. The van der Waals surface area contributed by atoms with E-state index >= 15 is 4.39 Å². The highest BCUT2D eigenvalue weighted by Gasteiger charge is 2.46. The van der Waals surface area contributed by atoms with E-state index in [1.807, 2.05) is 6.07 Å². The number of hydrogen-bond acceptors (Lipinski definition) is 23. The molecule has 1 aromatic carbocycles. The lowest BCUT2D eigenvalue weighted by Crippen LogP contribution is -2.58. The van der Waals surface area contributed by atoms with Gasteiger partial charge in [-0.05, 0) is 125 Å². The third-order valence-corrected chi connectivity index (χ3v) is 20.3. The number of esters is 1. The fourth-order valence-corrected chi connectivity index (χ4v) is 14.0. The van der Waals surface area contributed by atoms with Gasteiger partial charge in [0.1, 0.15) is 60.8 Å². The second-order valence-electron chi connectivity index (χ2n) is 26.4. The number of halogens is 1. The molecule has 0 bridgehead atoms. The number of rotatable bonds is 35. The number of carbonyl (C=O) groups excluding carboxylic acids is 11. The summed E-state index contributed by atoms with van der Waals surface area (Å²) >= 11 is 1.20. The number of hydrogen-bond donors (Lipinski definition) is 11. The van der Waals surface area contributed by atoms with E-state index < -0.39 is 149 Å². The molecular formula is C67H90FN9O21S. The fourth-order valence-electron chi connectivity index (χ4n) is 12.8. The van der Waals surface area contributed by atoms with E-state index in [0.717, 1.165) is 0 Å². The molecule has 3 fully saturated rings. The number of ketones is 1. The van der Waals surface area contributed by atoms with Crippen LogP contribution in [0.3, 0.4) is 0 Å². The van der Waals surface area contributed by atoms with Crippen molar-refractivity contribution in [3.8, 4) is 11.4 Å². The minimum atomic E-state index is -2.00. The lowest BCUT2D eigenvalue weighted by atomic mass is 9.82. The number of Topliss-reactive ketones (excluding diaryl/α,β-unsaturated/α-hetero) is 1. The fraction of sp³-hybridized carbons (Fsp3) is 0.627. The minimum absolute atomic E-state index is 0.0111. The third kappa shape index (κ3) is 18.6. The summed E-state index contributed by atoms with van der Waals surface area (Å²) in [7, 11) is 0. The molecule has 9 atom stereocenters. The van der Waals surface area contributed by atoms with Crippen LogP contribution in [0.5, 0.6) is 0 Å². The van der Waals surface area contributed by atoms with E-state index in [-0.39, 0.29) is 93.9 Å². The summed E-state index contributed by atoms with van der Waals surface area (Å²) < 4.78 is 27.9. The van der Waals surface area contributed by atoms with E-state index in [4.69, 9.17) is 24.4 Å². The smallest absolute Gasteiger partial charge is 0.343 e. The molecule has 11 N–H and O–H groups in total. The molecule has 8 amide bonds. The minimum Gasteiger partial charge on any atom is -0.458 e. The largest absolute Gasteiger partial charge is 0.458 e. The summed E-state index contributed by atoms with van der Waals surface area (Å²) in [5, 5.41) is 73.7. The number of nitrogens with zero attached hydrogens (tertiary/aromatic N) is 4. The van der Waals surface area contributed by atoms with Gasteiger partial charge in [-0.3, -0.25) is 47.9 Å². The topological polar surface area (TPSA) is 438 Å². The maximum atomic E-state index is 15.5. The maximum absolute atomic E-state index is 15.5. The standard InChI is InChI=1S/C67H90FN9O21S/c1-6-67(95)43-25-47-56-39(29-76(47)63(91)42(43)32-97-66(67)94)24-41-40(35(4)44(68)26-46(41)73-56)12-9-10-22-96-33-70-60(88)36(5)71-62(90)55(34(2)3)74-61(89)45(18-19-51(82)69-27-48(79)57(86)58(87)50(81)31-78)72-52(83)13-8-7-11-23-99-59-49(80)30-75(64(59)92)28-37-14-16-38(17-15-37)65(93)98-77-53(84)20-21-54(77)85/h24-26,34,36-38,45,48,50,55,57-59,78-79,81,86-87,95H,6-23,27-33H2,1-5H3,(H,69,82)(H,70,88)(H,71,90)(H,72,83)(H,74,89)/t36-,37?,38?,45-,48-,50+,55-,57+,58+,59?,67-/m0/s1. The number of aromatic nitrogens is 2. The number of hydroxylamine groups is 2. The van der Waals surface area contributed by atoms with Gasteiger partial charge in [0.25, 0.3) is 17.4 Å². The van der Waals surface area contributed by atoms with Gasteiger partial charge in [0.05, 0.1) is 54.2 Å². The number of ether oxygens (including phenoxy) is 2. The van der Waals surface area contributed by atoms with E-state index in [2.05, 4.69) is 26.6 Å². The summed E-state index contributed by atoms with van der Waals surface area (Å²) in [5.74, 6) is -7.87. The van der Waals surface area contributed by atoms with E-state index in [9.17, 15) is 83.1 Å². The first kappa shape index (κ1) is 76.9. The summed E-state index contributed by atoms with van der Waals surface area (Å²) in [6.07, 6.45) is -3.63. The Morgan fingerprint density at radius 3 is 2.21 bits per heavy atom. The Morgan fingerprint density at radius 2 is 1.53 bits per heavy atom. The molecule has 1 aliphatic carbocycles. The molecule has 99 heavy (non-hydrogen) atoms. The number of aliphatic hydroxyl groups excluding tert-OH is 5. The number of nitrogens with one attached hydrogen (secondary N) is 5. The number of likely N-dealkylation sites (tertiary alicyclic amines) is 1. The number of pyridine rings is 2. The molecule has 0 spiro atoms. The van der Waals surface area contributed by atoms with Crippen LogP contribution in [-0.4, -0.2) is 208 Å². The van der Waals surface area contributed by atoms with E-state index in [1.165, 1.54) is 34.2 Å². The van der Waals surface area contributed by atoms with Crippen molar-refractivity contribution in [2.45, 2.75) is 204 Å². The van der Waals surface area contributed by atoms with Crippen molar-refractivity contribution in [3.05, 3.63) is 62.2 Å². The van der Waals surface area contributed by atoms with Crippen LogP contribution >= 0.6 is 11.8 Å². The van der Waals surface area contributed by atoms with Gasteiger partial charge in [0.2, 0.25) is 35.4 Å². The molecule has 2 saturated heterocycles. The number of benzene rings is 1. The highest BCUT2D eigenvalue weighted by molar-refractivity contribution is 8.01. The van der Waals surface area contributed by atoms with Crippen molar-refractivity contribution in [3.63, 3.8) is 0 Å². The average molecular weight is 1410 g/mol. The van der Waals surface area contributed by atoms with Gasteiger partial charge in [-0.1, -0.05) is 27.2 Å². The van der Waals surface area contributed by atoms with Crippen LogP contribution in [0, 0.1) is 30.5 Å². The average Bonchev–Trinajstić information content (AvgIpc) is 1.58. The van der Waals surface area contributed by atoms with Crippen LogP contribution in [0.4, 0.5) is 4.39 Å². The Balaban J connectivity index is 0.774. The summed E-state index contributed by atoms with van der Waals surface area (Å²) in [6.45, 7) is 6.53. The molecule has 542 valence electrons. The number of unbranched alkanes of at least 4 members (excludes halogenated alkanes) is 3. The van der Waals surface area contributed by atoms with Crippen molar-refractivity contribution in [1.82, 2.24) is 46.1 Å². The Morgan fingerprint density at radius 1 is 0.818 bits per heavy atom. The number of aliphatic hydroxyl groups is 6. The van der Waals surface area contributed by atoms with Gasteiger partial charge < -0.3 is 81.0 Å². The quantitative estimate of drug-likeness (QED) is 0.00941. The van der Waals surface area contributed by atoms with Crippen LogP contribution in [0.2, 0.25) is 0 Å². The Bertz CT molecular complexity index is 3610. The number of thioether (sulfide) groups is 1. The van der Waals surface area contributed by atoms with Gasteiger partial charge in [-0.2, -0.15) is 0 Å². The van der Waals surface area contributed by atoms with E-state index in [1.54, 1.807) is 33.8 Å². The predicted molar refractivity (Wildman–Crippen MR) is 350 cm³/mol. The molecule has 4 aliphatic heterocycles. The lowest BCUT2D eigenvalue weighted by Gasteiger charge is -2.31. The lowest BCUT2D eigenvalue weighted by molar-refractivity contribution is -0.201. The van der Waals surface area contributed by atoms with Crippen molar-refractivity contribution in [2.75, 3.05) is 45.3 Å². The van der Waals surface area contributed by atoms with Crippen molar-refractivity contribution >= 4 is 87.6 Å². The molecule has 30 nitrogen and oxygen atoms in total. The van der Waals surface area contributed by atoms with Crippen LogP contribution in [0.25, 0.3) is 22.3 Å². The first-order valence-corrected chi connectivity index (χ1v) is 34.8. The second kappa shape index (κ2) is 34.5. The van der Waals surface area contributed by atoms with Gasteiger partial charge in [-0.25, -0.2) is 19.0 Å². The van der Waals surface area contributed by atoms with Gasteiger partial charge in [0.15, 0.2) is 11.4 Å². The van der Waals surface area contributed by atoms with Crippen LogP contribution in [0.15, 0.2) is 23.0 Å². The van der Waals surface area contributed by atoms with Gasteiger partial charge in [0, 0.05) is 68.0 Å². The zero-order valence-corrected chi connectivity index (χ0v) is 57.0. The second-order valence-corrected chi connectivity index (χ2v) is 27.6. The number of aryl methyl sites for hydroxylation is 1. The third-order valence-electron chi connectivity index (χ3n) is 19.0. The van der Waals surface area contributed by atoms with Gasteiger partial charge in [-0.15, -0.1) is 16.8 Å². The molecule has 8 rings (SSSR count). The molecule has 6 heterocycles. The molecule has 32 heteroatoms. The Hall–Kier alpha value is -7.85. The molecule has 5 aliphatic rings. The number of fused-ring (bicyclic) bond motifs is 5. The Labute approximate surface area is 574 Å². The first-order chi connectivity index (χ1) is 47.1.